The number of nitrogens with two attached hydrogens (primary N) is 1. The molecule has 0 radical (unpaired) electrons. The predicted molar refractivity (Wildman–Crippen MR) is 164 cm³/mol. The van der Waals surface area contributed by atoms with E-state index in [-0.39, 0.29) is 30.6 Å². The van der Waals surface area contributed by atoms with Crippen molar-refractivity contribution in [2.24, 2.45) is 5.73 Å². The molecule has 4 aromatic rings. The Kier molecular flexibility index (Phi) is 9.84. The van der Waals surface area contributed by atoms with Crippen molar-refractivity contribution in [1.82, 2.24) is 19.8 Å². The number of aromatic nitrogens is 2. The molecular formula is C31H35Cl2N5O4. The van der Waals surface area contributed by atoms with Crippen molar-refractivity contribution in [3.8, 4) is 11.3 Å². The number of hydrogen-bond donors (Lipinski definition) is 2. The largest absolute Gasteiger partial charge is 0.451 e. The molecule has 3 heterocycles. The van der Waals surface area contributed by atoms with E-state index in [1.165, 1.54) is 0 Å². The Hall–Kier alpha value is -3.37. The molecule has 9 nitrogen and oxygen atoms in total. The van der Waals surface area contributed by atoms with Crippen LogP contribution in [0.1, 0.15) is 48.0 Å². The van der Waals surface area contributed by atoms with Gasteiger partial charge in [0, 0.05) is 73.9 Å². The van der Waals surface area contributed by atoms with E-state index in [4.69, 9.17) is 43.1 Å². The van der Waals surface area contributed by atoms with Crippen LogP contribution in [0.4, 0.5) is 0 Å². The van der Waals surface area contributed by atoms with Gasteiger partial charge < -0.3 is 29.7 Å². The lowest BCUT2D eigenvalue weighted by Gasteiger charge is -2.33. The second-order valence-electron chi connectivity index (χ2n) is 10.6. The number of para-hydroxylation sites is 2. The van der Waals surface area contributed by atoms with Crippen LogP contribution in [0, 0.1) is 0 Å². The fraction of sp³-hybridized carbons (Fsp3) is 0.387. The zero-order valence-corrected chi connectivity index (χ0v) is 25.0. The van der Waals surface area contributed by atoms with Gasteiger partial charge in [-0.1, -0.05) is 35.3 Å². The third-order valence-electron chi connectivity index (χ3n) is 7.49. The Morgan fingerprint density at radius 1 is 1.17 bits per heavy atom. The molecule has 2 aromatic heterocycles. The first-order chi connectivity index (χ1) is 20.3. The zero-order chi connectivity index (χ0) is 29.6. The van der Waals surface area contributed by atoms with Gasteiger partial charge in [-0.25, -0.2) is 4.98 Å². The Balaban J connectivity index is 1.16. The smallest absolute Gasteiger partial charge is 0.287 e. The van der Waals surface area contributed by atoms with Crippen molar-refractivity contribution in [3.63, 3.8) is 0 Å². The first-order valence-corrected chi connectivity index (χ1v) is 14.9. The van der Waals surface area contributed by atoms with Gasteiger partial charge in [-0.15, -0.1) is 0 Å². The van der Waals surface area contributed by atoms with Crippen molar-refractivity contribution in [2.75, 3.05) is 33.4 Å². The number of fused-ring (bicyclic) bond motifs is 1. The number of hydrogen-bond acceptors (Lipinski definition) is 6. The van der Waals surface area contributed by atoms with Crippen LogP contribution in [0.25, 0.3) is 22.4 Å². The number of ether oxygens (including phenoxy) is 1. The highest BCUT2D eigenvalue weighted by Crippen LogP contribution is 2.31. The number of rotatable bonds is 11. The summed E-state index contributed by atoms with van der Waals surface area (Å²) < 4.78 is 13.3. The first kappa shape index (κ1) is 30.1. The highest BCUT2D eigenvalue weighted by Gasteiger charge is 2.29. The fourth-order valence-corrected chi connectivity index (χ4v) is 6.00. The lowest BCUT2D eigenvalue weighted by molar-refractivity contribution is -0.132. The molecule has 1 fully saturated rings. The zero-order valence-electron chi connectivity index (χ0n) is 23.5. The van der Waals surface area contributed by atoms with Crippen LogP contribution in [-0.4, -0.2) is 65.7 Å². The Morgan fingerprint density at radius 2 is 1.95 bits per heavy atom. The number of methoxy groups -OCH3 is 1. The van der Waals surface area contributed by atoms with Crippen LogP contribution in [0.15, 0.2) is 59.0 Å². The van der Waals surface area contributed by atoms with Crippen LogP contribution in [0.3, 0.4) is 0 Å². The van der Waals surface area contributed by atoms with E-state index in [9.17, 15) is 9.59 Å². The number of nitrogens with one attached hydrogen (secondary N) is 1. The molecule has 0 saturated carbocycles. The molecule has 11 heteroatoms. The number of carbonyl (C=O) groups is 2. The molecule has 2 aromatic carbocycles. The molecule has 3 N–H and O–H groups in total. The van der Waals surface area contributed by atoms with Crippen molar-refractivity contribution in [1.29, 1.82) is 0 Å². The Bertz CT molecular complexity index is 1530. The van der Waals surface area contributed by atoms with Gasteiger partial charge in [-0.05, 0) is 61.7 Å². The monoisotopic (exact) mass is 611 g/mol. The van der Waals surface area contributed by atoms with E-state index >= 15 is 0 Å². The summed E-state index contributed by atoms with van der Waals surface area (Å²) in [5, 5.41) is 3.71. The van der Waals surface area contributed by atoms with E-state index < -0.39 is 11.9 Å². The minimum Gasteiger partial charge on any atom is -0.451 e. The summed E-state index contributed by atoms with van der Waals surface area (Å²) in [5.74, 6) is 1.31. The number of imidazole rings is 1. The Morgan fingerprint density at radius 3 is 2.74 bits per heavy atom. The van der Waals surface area contributed by atoms with E-state index in [1.54, 1.807) is 37.4 Å². The minimum atomic E-state index is -0.540. The SMILES string of the molecule is COCCCn1c([C@@H]2CCCN(C(=O)C[C@H](N)CNC(=O)c3ccc(-c4cc(Cl)cc(Cl)c4)o3)C2)nc2ccccc21. The molecule has 0 unspecified atom stereocenters. The van der Waals surface area contributed by atoms with Crippen LogP contribution in [0.2, 0.25) is 10.0 Å². The molecular weight excluding hydrogens is 577 g/mol. The number of amides is 2. The van der Waals surface area contributed by atoms with Crippen molar-refractivity contribution in [3.05, 3.63) is 76.2 Å². The lowest BCUT2D eigenvalue weighted by Crippen LogP contribution is -2.45. The third-order valence-corrected chi connectivity index (χ3v) is 7.93. The van der Waals surface area contributed by atoms with E-state index in [0.717, 1.165) is 42.7 Å². The fourth-order valence-electron chi connectivity index (χ4n) is 5.47. The number of benzene rings is 2. The lowest BCUT2D eigenvalue weighted by atomic mass is 9.96. The topological polar surface area (TPSA) is 116 Å². The summed E-state index contributed by atoms with van der Waals surface area (Å²) in [6.07, 6.45) is 2.87. The number of carbonyl (C=O) groups excluding carboxylic acids is 2. The summed E-state index contributed by atoms with van der Waals surface area (Å²) in [7, 11) is 1.71. The normalized spacial score (nSPS) is 16.1. The van der Waals surface area contributed by atoms with E-state index in [2.05, 4.69) is 16.0 Å². The number of aryl methyl sites for hydroxylation is 1. The molecule has 2 amide bonds. The summed E-state index contributed by atoms with van der Waals surface area (Å²) >= 11 is 12.2. The molecule has 222 valence electrons. The summed E-state index contributed by atoms with van der Waals surface area (Å²) in [4.78, 5) is 32.8. The van der Waals surface area contributed by atoms with Gasteiger partial charge >= 0.3 is 0 Å². The summed E-state index contributed by atoms with van der Waals surface area (Å²) in [5.41, 5.74) is 9.01. The minimum absolute atomic E-state index is 0.0263. The maximum Gasteiger partial charge on any atom is 0.287 e. The van der Waals surface area contributed by atoms with Crippen LogP contribution < -0.4 is 11.1 Å². The molecule has 42 heavy (non-hydrogen) atoms. The van der Waals surface area contributed by atoms with Gasteiger partial charge in [0.1, 0.15) is 11.6 Å². The summed E-state index contributed by atoms with van der Waals surface area (Å²) in [6.45, 7) is 2.89. The maximum atomic E-state index is 13.2. The highest BCUT2D eigenvalue weighted by molar-refractivity contribution is 6.35. The van der Waals surface area contributed by atoms with Gasteiger partial charge in [-0.2, -0.15) is 0 Å². The molecule has 2 atom stereocenters. The quantitative estimate of drug-likeness (QED) is 0.217. The van der Waals surface area contributed by atoms with Gasteiger partial charge in [0.25, 0.3) is 5.91 Å². The van der Waals surface area contributed by atoms with E-state index in [0.29, 0.717) is 41.1 Å². The van der Waals surface area contributed by atoms with Gasteiger partial charge in [-0.3, -0.25) is 9.59 Å². The predicted octanol–water partition coefficient (Wildman–Crippen LogP) is 5.49. The second-order valence-corrected chi connectivity index (χ2v) is 11.5. The third kappa shape index (κ3) is 7.15. The molecule has 1 saturated heterocycles. The number of nitrogens with zero attached hydrogens (tertiary/aromatic N) is 3. The average molecular weight is 613 g/mol. The standard InChI is InChI=1S/C31H35Cl2N5O4/c1-41-13-5-12-38-26-8-3-2-7-25(26)36-30(38)20-6-4-11-37(19-20)29(39)17-24(34)18-35-31(40)28-10-9-27(42-28)21-14-22(32)16-23(33)15-21/h2-3,7-10,14-16,20,24H,4-6,11-13,17-19,34H2,1H3,(H,35,40)/t20-,24+/m1/s1. The Labute approximate surface area is 254 Å². The average Bonchev–Trinajstić information content (AvgIpc) is 3.62. The van der Waals surface area contributed by atoms with Crippen LogP contribution in [-0.2, 0) is 16.1 Å². The van der Waals surface area contributed by atoms with Gasteiger partial charge in [0.2, 0.25) is 5.91 Å². The molecule has 0 bridgehead atoms. The first-order valence-electron chi connectivity index (χ1n) is 14.1. The summed E-state index contributed by atoms with van der Waals surface area (Å²) in [6, 6.07) is 15.9. The number of likely N-dealkylation sites (tertiary alicyclic amines) is 1. The molecule has 1 aliphatic rings. The van der Waals surface area contributed by atoms with Crippen molar-refractivity contribution in [2.45, 2.75) is 44.2 Å². The highest BCUT2D eigenvalue weighted by atomic mass is 35.5. The second kappa shape index (κ2) is 13.7. The van der Waals surface area contributed by atoms with Crippen LogP contribution in [0.5, 0.6) is 0 Å². The van der Waals surface area contributed by atoms with Gasteiger partial charge in [0.05, 0.1) is 11.0 Å². The van der Waals surface area contributed by atoms with Crippen molar-refractivity contribution >= 4 is 46.0 Å². The van der Waals surface area contributed by atoms with Crippen LogP contribution >= 0.6 is 23.2 Å². The number of piperidine rings is 1. The van der Waals surface area contributed by atoms with Gasteiger partial charge in [0.15, 0.2) is 5.76 Å². The maximum absolute atomic E-state index is 13.2. The number of halogens is 2. The van der Waals surface area contributed by atoms with Crippen molar-refractivity contribution < 1.29 is 18.7 Å². The van der Waals surface area contributed by atoms with E-state index in [1.807, 2.05) is 23.1 Å². The molecule has 5 rings (SSSR count). The molecule has 0 spiro atoms. The molecule has 0 aliphatic carbocycles. The molecule has 1 aliphatic heterocycles. The number of furan rings is 1.